The second kappa shape index (κ2) is 9.21. The van der Waals surface area contributed by atoms with Crippen LogP contribution in [0.25, 0.3) is 16.9 Å². The molecule has 0 atom stereocenters. The Morgan fingerprint density at radius 1 is 1.12 bits per heavy atom. The standard InChI is InChI=1S/C26H28N6OS/c1-34-24-13-18(12-23(19(24)14-27)33-17-26(29)8-2-3-9-26)22-16-30-25-7-6-20(21(15-28)32(22)25)31-10-4-5-11-31/h6-7,12-13,16H,2-5,8-11,17,29H2,1H3. The van der Waals surface area contributed by atoms with Crippen molar-refractivity contribution in [1.29, 1.82) is 10.5 Å². The Bertz CT molecular complexity index is 1310. The lowest BCUT2D eigenvalue weighted by Crippen LogP contribution is -2.42. The van der Waals surface area contributed by atoms with Gasteiger partial charge in [-0.25, -0.2) is 4.98 Å². The van der Waals surface area contributed by atoms with E-state index in [0.717, 1.165) is 79.1 Å². The van der Waals surface area contributed by atoms with E-state index in [1.807, 2.05) is 34.9 Å². The van der Waals surface area contributed by atoms with E-state index in [0.29, 0.717) is 23.6 Å². The lowest BCUT2D eigenvalue weighted by atomic mass is 10.0. The largest absolute Gasteiger partial charge is 0.490 e. The minimum absolute atomic E-state index is 0.343. The van der Waals surface area contributed by atoms with Crippen LogP contribution in [0.5, 0.6) is 5.75 Å². The maximum absolute atomic E-state index is 10.1. The molecule has 1 saturated heterocycles. The van der Waals surface area contributed by atoms with E-state index in [1.54, 1.807) is 6.20 Å². The Morgan fingerprint density at radius 3 is 2.56 bits per heavy atom. The van der Waals surface area contributed by atoms with E-state index in [2.05, 4.69) is 22.0 Å². The fraction of sp³-hybridized carbons (Fsp3) is 0.423. The highest BCUT2D eigenvalue weighted by Gasteiger charge is 2.31. The Hall–Kier alpha value is -3.20. The van der Waals surface area contributed by atoms with Crippen LogP contribution in [0.4, 0.5) is 5.69 Å². The van der Waals surface area contributed by atoms with Crippen LogP contribution in [0.1, 0.15) is 49.8 Å². The molecule has 2 aliphatic rings. The summed E-state index contributed by atoms with van der Waals surface area (Å²) in [6.45, 7) is 2.29. The lowest BCUT2D eigenvalue weighted by Gasteiger charge is -2.24. The summed E-state index contributed by atoms with van der Waals surface area (Å²) in [5, 5.41) is 20.0. The lowest BCUT2D eigenvalue weighted by molar-refractivity contribution is 0.219. The molecule has 3 heterocycles. The average molecular weight is 473 g/mol. The topological polar surface area (TPSA) is 103 Å². The average Bonchev–Trinajstić information content (AvgIpc) is 3.62. The van der Waals surface area contributed by atoms with E-state index >= 15 is 0 Å². The van der Waals surface area contributed by atoms with Gasteiger partial charge in [-0.1, -0.05) is 12.8 Å². The van der Waals surface area contributed by atoms with Gasteiger partial charge in [0.15, 0.2) is 0 Å². The zero-order chi connectivity index (χ0) is 23.7. The molecule has 2 aromatic heterocycles. The number of anilines is 1. The summed E-state index contributed by atoms with van der Waals surface area (Å²) in [5.41, 5.74) is 10.6. The molecule has 2 fully saturated rings. The van der Waals surface area contributed by atoms with Crippen molar-refractivity contribution in [2.24, 2.45) is 5.73 Å². The predicted octanol–water partition coefficient (Wildman–Crippen LogP) is 4.72. The molecule has 3 aromatic rings. The molecule has 1 aliphatic heterocycles. The fourth-order valence-electron chi connectivity index (χ4n) is 5.16. The molecule has 0 radical (unpaired) electrons. The van der Waals surface area contributed by atoms with E-state index in [-0.39, 0.29) is 5.54 Å². The van der Waals surface area contributed by atoms with E-state index in [1.165, 1.54) is 11.8 Å². The molecule has 1 saturated carbocycles. The summed E-state index contributed by atoms with van der Waals surface area (Å²) in [4.78, 5) is 7.68. The summed E-state index contributed by atoms with van der Waals surface area (Å²) < 4.78 is 8.13. The molecule has 0 bridgehead atoms. The first-order valence-corrected chi connectivity index (χ1v) is 13.0. The number of hydrogen-bond acceptors (Lipinski definition) is 7. The number of rotatable bonds is 6. The van der Waals surface area contributed by atoms with Crippen LogP contribution in [0.15, 0.2) is 35.4 Å². The number of fused-ring (bicyclic) bond motifs is 1. The van der Waals surface area contributed by atoms with Crippen LogP contribution >= 0.6 is 11.8 Å². The fourth-order valence-corrected chi connectivity index (χ4v) is 5.75. The number of nitrogens with two attached hydrogens (primary N) is 1. The molecular formula is C26H28N6OS. The Balaban J connectivity index is 1.62. The van der Waals surface area contributed by atoms with Gasteiger partial charge < -0.3 is 15.4 Å². The summed E-state index contributed by atoms with van der Waals surface area (Å²) in [6.07, 6.45) is 10.1. The van der Waals surface area contributed by atoms with E-state index in [9.17, 15) is 10.5 Å². The van der Waals surface area contributed by atoms with Crippen molar-refractivity contribution in [3.05, 3.63) is 41.7 Å². The minimum Gasteiger partial charge on any atom is -0.490 e. The number of nitriles is 2. The number of pyridine rings is 1. The molecule has 34 heavy (non-hydrogen) atoms. The molecule has 0 amide bonds. The van der Waals surface area contributed by atoms with Crippen molar-refractivity contribution in [3.8, 4) is 29.1 Å². The van der Waals surface area contributed by atoms with Crippen LogP contribution in [0, 0.1) is 22.7 Å². The molecule has 1 aliphatic carbocycles. The van der Waals surface area contributed by atoms with Gasteiger partial charge in [0.2, 0.25) is 0 Å². The number of imidazole rings is 1. The van der Waals surface area contributed by atoms with Crippen molar-refractivity contribution in [2.45, 2.75) is 49.0 Å². The number of thioether (sulfide) groups is 1. The second-order valence-electron chi connectivity index (χ2n) is 9.23. The maximum atomic E-state index is 10.1. The molecule has 0 spiro atoms. The SMILES string of the molecule is CSc1cc(-c2cnc3ccc(N4CCCC4)c(C#N)n23)cc(OCC2(N)CCCC2)c1C#N. The van der Waals surface area contributed by atoms with Gasteiger partial charge in [-0.15, -0.1) is 11.8 Å². The van der Waals surface area contributed by atoms with Crippen molar-refractivity contribution in [2.75, 3.05) is 30.9 Å². The normalized spacial score (nSPS) is 17.1. The first-order chi connectivity index (χ1) is 16.6. The molecule has 0 unspecified atom stereocenters. The van der Waals surface area contributed by atoms with E-state index < -0.39 is 0 Å². The zero-order valence-electron chi connectivity index (χ0n) is 19.4. The quantitative estimate of drug-likeness (QED) is 0.518. The van der Waals surface area contributed by atoms with Crippen LogP contribution in [0.3, 0.4) is 0 Å². The molecule has 7 nitrogen and oxygen atoms in total. The molecule has 1 aromatic carbocycles. The van der Waals surface area contributed by atoms with Gasteiger partial charge in [0.1, 0.15) is 41.4 Å². The first kappa shape index (κ1) is 22.6. The van der Waals surface area contributed by atoms with Gasteiger partial charge in [-0.2, -0.15) is 10.5 Å². The van der Waals surface area contributed by atoms with Gasteiger partial charge in [-0.3, -0.25) is 4.40 Å². The molecule has 174 valence electrons. The van der Waals surface area contributed by atoms with Crippen LogP contribution in [-0.2, 0) is 0 Å². The third-order valence-corrected chi connectivity index (χ3v) is 7.77. The third-order valence-electron chi connectivity index (χ3n) is 7.01. The zero-order valence-corrected chi connectivity index (χ0v) is 20.2. The summed E-state index contributed by atoms with van der Waals surface area (Å²) in [5.74, 6) is 0.533. The molecule has 2 N–H and O–H groups in total. The second-order valence-corrected chi connectivity index (χ2v) is 10.1. The minimum atomic E-state index is -0.343. The molecule has 5 rings (SSSR count). The third kappa shape index (κ3) is 3.98. The van der Waals surface area contributed by atoms with Gasteiger partial charge in [0, 0.05) is 23.5 Å². The molecular weight excluding hydrogens is 444 g/mol. The molecule has 8 heteroatoms. The van der Waals surface area contributed by atoms with Gasteiger partial charge >= 0.3 is 0 Å². The van der Waals surface area contributed by atoms with Crippen LogP contribution in [0.2, 0.25) is 0 Å². The number of aromatic nitrogens is 2. The van der Waals surface area contributed by atoms with Gasteiger partial charge in [-0.05, 0) is 56.2 Å². The van der Waals surface area contributed by atoms with Gasteiger partial charge in [0.25, 0.3) is 0 Å². The Kier molecular flexibility index (Phi) is 6.12. The highest BCUT2D eigenvalue weighted by atomic mass is 32.2. The van der Waals surface area contributed by atoms with Crippen LogP contribution in [-0.4, -0.2) is 40.9 Å². The van der Waals surface area contributed by atoms with E-state index in [4.69, 9.17) is 10.5 Å². The number of benzene rings is 1. The van der Waals surface area contributed by atoms with Gasteiger partial charge in [0.05, 0.1) is 23.1 Å². The highest BCUT2D eigenvalue weighted by Crippen LogP contribution is 2.37. The Labute approximate surface area is 204 Å². The first-order valence-electron chi connectivity index (χ1n) is 11.8. The number of ether oxygens (including phenoxy) is 1. The van der Waals surface area contributed by atoms with Crippen molar-refractivity contribution in [3.63, 3.8) is 0 Å². The number of hydrogen-bond donors (Lipinski definition) is 1. The van der Waals surface area contributed by atoms with Crippen molar-refractivity contribution < 1.29 is 4.74 Å². The predicted molar refractivity (Wildman–Crippen MR) is 134 cm³/mol. The maximum Gasteiger partial charge on any atom is 0.150 e. The van der Waals surface area contributed by atoms with Crippen LogP contribution < -0.4 is 15.4 Å². The number of nitrogens with zero attached hydrogens (tertiary/aromatic N) is 5. The monoisotopic (exact) mass is 472 g/mol. The Morgan fingerprint density at radius 2 is 1.88 bits per heavy atom. The van der Waals surface area contributed by atoms with Crippen molar-refractivity contribution >= 4 is 23.1 Å². The summed E-state index contributed by atoms with van der Waals surface area (Å²) >= 11 is 1.51. The summed E-state index contributed by atoms with van der Waals surface area (Å²) in [7, 11) is 0. The van der Waals surface area contributed by atoms with Crippen molar-refractivity contribution in [1.82, 2.24) is 9.38 Å². The highest BCUT2D eigenvalue weighted by molar-refractivity contribution is 7.98. The summed E-state index contributed by atoms with van der Waals surface area (Å²) in [6, 6.07) is 12.6. The smallest absolute Gasteiger partial charge is 0.150 e.